The highest BCUT2D eigenvalue weighted by molar-refractivity contribution is 5.82. The highest BCUT2D eigenvalue weighted by Crippen LogP contribution is 2.39. The summed E-state index contributed by atoms with van der Waals surface area (Å²) in [5, 5.41) is 0. The predicted octanol–water partition coefficient (Wildman–Crippen LogP) is 4.29. The lowest BCUT2D eigenvalue weighted by molar-refractivity contribution is 1.25. The van der Waals surface area contributed by atoms with Crippen molar-refractivity contribution >= 4 is 5.57 Å². The Labute approximate surface area is 96.3 Å². The van der Waals surface area contributed by atoms with Crippen LogP contribution in [0.5, 0.6) is 0 Å². The topological polar surface area (TPSA) is 0 Å². The van der Waals surface area contributed by atoms with Gasteiger partial charge in [-0.1, -0.05) is 54.6 Å². The van der Waals surface area contributed by atoms with Gasteiger partial charge in [-0.2, -0.15) is 0 Å². The molecule has 0 heteroatoms. The van der Waals surface area contributed by atoms with Crippen LogP contribution in [-0.2, 0) is 6.42 Å². The average molecular weight is 206 g/mol. The normalized spacial score (nSPS) is 12.1. The van der Waals surface area contributed by atoms with Crippen LogP contribution in [0.2, 0.25) is 0 Å². The summed E-state index contributed by atoms with van der Waals surface area (Å²) in [6.45, 7) is 6.15. The summed E-state index contributed by atoms with van der Waals surface area (Å²) in [4.78, 5) is 0. The molecule has 0 saturated carbocycles. The smallest absolute Gasteiger partial charge is 0.000741 e. The molecule has 0 bridgehead atoms. The van der Waals surface area contributed by atoms with Crippen LogP contribution in [0, 0.1) is 0 Å². The monoisotopic (exact) mass is 206 g/mol. The Balaban J connectivity index is 2.28. The third kappa shape index (κ3) is 1.23. The first-order chi connectivity index (χ1) is 7.77. The Hall–Kier alpha value is -1.82. The number of fused-ring (bicyclic) bond motifs is 3. The van der Waals surface area contributed by atoms with Gasteiger partial charge in [0.25, 0.3) is 0 Å². The minimum absolute atomic E-state index is 1.05. The largest absolute Gasteiger partial charge is 0.0955 e. The van der Waals surface area contributed by atoms with E-state index in [1.165, 1.54) is 27.8 Å². The van der Waals surface area contributed by atoms with Crippen molar-refractivity contribution in [3.8, 4) is 11.1 Å². The van der Waals surface area contributed by atoms with E-state index in [2.05, 4.69) is 56.0 Å². The van der Waals surface area contributed by atoms with Gasteiger partial charge in [0.05, 0.1) is 0 Å². The van der Waals surface area contributed by atoms with E-state index < -0.39 is 0 Å². The molecule has 2 aromatic carbocycles. The van der Waals surface area contributed by atoms with E-state index in [0.717, 1.165) is 12.0 Å². The highest BCUT2D eigenvalue weighted by atomic mass is 14.2. The van der Waals surface area contributed by atoms with E-state index in [-0.39, 0.29) is 0 Å². The SMILES string of the molecule is C=C(C)c1cccc2c1Cc1ccccc1-2. The van der Waals surface area contributed by atoms with Gasteiger partial charge < -0.3 is 0 Å². The summed E-state index contributed by atoms with van der Waals surface area (Å²) in [5.74, 6) is 0. The summed E-state index contributed by atoms with van der Waals surface area (Å²) in [6.07, 6.45) is 1.05. The molecule has 0 unspecified atom stereocenters. The molecule has 0 aliphatic heterocycles. The molecule has 0 N–H and O–H groups in total. The average Bonchev–Trinajstić information content (AvgIpc) is 2.67. The fraction of sp³-hybridized carbons (Fsp3) is 0.125. The summed E-state index contributed by atoms with van der Waals surface area (Å²) in [7, 11) is 0. The first-order valence-corrected chi connectivity index (χ1v) is 5.63. The second-order valence-electron chi connectivity index (χ2n) is 4.45. The number of benzene rings is 2. The van der Waals surface area contributed by atoms with Crippen LogP contribution < -0.4 is 0 Å². The van der Waals surface area contributed by atoms with Gasteiger partial charge in [0, 0.05) is 0 Å². The fourth-order valence-corrected chi connectivity index (χ4v) is 2.56. The molecule has 0 heterocycles. The molecule has 0 radical (unpaired) electrons. The molecule has 3 rings (SSSR count). The van der Waals surface area contributed by atoms with Crippen molar-refractivity contribution in [2.75, 3.05) is 0 Å². The van der Waals surface area contributed by atoms with Gasteiger partial charge in [-0.25, -0.2) is 0 Å². The Morgan fingerprint density at radius 2 is 1.75 bits per heavy atom. The van der Waals surface area contributed by atoms with E-state index in [4.69, 9.17) is 0 Å². The Bertz CT molecular complexity index is 576. The molecule has 0 saturated heterocycles. The van der Waals surface area contributed by atoms with Crippen molar-refractivity contribution in [3.05, 3.63) is 65.7 Å². The van der Waals surface area contributed by atoms with Gasteiger partial charge in [0.15, 0.2) is 0 Å². The van der Waals surface area contributed by atoms with Crippen molar-refractivity contribution in [2.45, 2.75) is 13.3 Å². The van der Waals surface area contributed by atoms with Crippen LogP contribution in [0.15, 0.2) is 49.0 Å². The van der Waals surface area contributed by atoms with Crippen LogP contribution in [0.25, 0.3) is 16.7 Å². The summed E-state index contributed by atoms with van der Waals surface area (Å²) >= 11 is 0. The van der Waals surface area contributed by atoms with Crippen LogP contribution in [0.1, 0.15) is 23.6 Å². The summed E-state index contributed by atoms with van der Waals surface area (Å²) in [6, 6.07) is 15.2. The Morgan fingerprint density at radius 3 is 2.56 bits per heavy atom. The zero-order valence-corrected chi connectivity index (χ0v) is 9.46. The second kappa shape index (κ2) is 3.34. The maximum Gasteiger partial charge on any atom is -0.000741 e. The maximum atomic E-state index is 4.07. The van der Waals surface area contributed by atoms with Gasteiger partial charge in [0.2, 0.25) is 0 Å². The van der Waals surface area contributed by atoms with Crippen LogP contribution in [0.4, 0.5) is 0 Å². The minimum atomic E-state index is 1.05. The molecule has 0 amide bonds. The Morgan fingerprint density at radius 1 is 1.00 bits per heavy atom. The highest BCUT2D eigenvalue weighted by Gasteiger charge is 2.19. The summed E-state index contributed by atoms with van der Waals surface area (Å²) in [5.41, 5.74) is 8.12. The lowest BCUT2D eigenvalue weighted by atomic mass is 9.97. The number of hydrogen-bond acceptors (Lipinski definition) is 0. The van der Waals surface area contributed by atoms with Crippen LogP contribution >= 0.6 is 0 Å². The minimum Gasteiger partial charge on any atom is -0.0955 e. The van der Waals surface area contributed by atoms with Crippen LogP contribution in [0.3, 0.4) is 0 Å². The molecule has 0 aromatic heterocycles. The number of allylic oxidation sites excluding steroid dienone is 1. The molecule has 0 atom stereocenters. The van der Waals surface area contributed by atoms with Crippen molar-refractivity contribution in [1.82, 2.24) is 0 Å². The van der Waals surface area contributed by atoms with Gasteiger partial charge in [0.1, 0.15) is 0 Å². The first-order valence-electron chi connectivity index (χ1n) is 5.63. The van der Waals surface area contributed by atoms with Gasteiger partial charge in [-0.15, -0.1) is 0 Å². The van der Waals surface area contributed by atoms with E-state index in [9.17, 15) is 0 Å². The molecule has 1 aliphatic carbocycles. The van der Waals surface area contributed by atoms with Gasteiger partial charge in [-0.3, -0.25) is 0 Å². The lowest BCUT2D eigenvalue weighted by Crippen LogP contribution is -1.88. The van der Waals surface area contributed by atoms with Crippen molar-refractivity contribution in [3.63, 3.8) is 0 Å². The fourth-order valence-electron chi connectivity index (χ4n) is 2.56. The molecule has 2 aromatic rings. The van der Waals surface area contributed by atoms with Crippen LogP contribution in [-0.4, -0.2) is 0 Å². The third-order valence-corrected chi connectivity index (χ3v) is 3.31. The van der Waals surface area contributed by atoms with E-state index in [0.29, 0.717) is 0 Å². The molecule has 1 aliphatic rings. The van der Waals surface area contributed by atoms with Crippen molar-refractivity contribution < 1.29 is 0 Å². The zero-order valence-electron chi connectivity index (χ0n) is 9.46. The zero-order chi connectivity index (χ0) is 11.1. The molecule has 0 fully saturated rings. The van der Waals surface area contributed by atoms with E-state index in [1.807, 2.05) is 0 Å². The molecular weight excluding hydrogens is 192 g/mol. The standard InChI is InChI=1S/C16H14/c1-11(2)13-8-5-9-15-14-7-4-3-6-12(14)10-16(13)15/h3-9H,1,10H2,2H3. The molecule has 0 spiro atoms. The quantitative estimate of drug-likeness (QED) is 0.557. The number of hydrogen-bond donors (Lipinski definition) is 0. The molecular formula is C16H14. The van der Waals surface area contributed by atoms with Crippen molar-refractivity contribution in [1.29, 1.82) is 0 Å². The lowest BCUT2D eigenvalue weighted by Gasteiger charge is -2.07. The molecule has 78 valence electrons. The number of rotatable bonds is 1. The van der Waals surface area contributed by atoms with E-state index >= 15 is 0 Å². The van der Waals surface area contributed by atoms with Crippen molar-refractivity contribution in [2.24, 2.45) is 0 Å². The summed E-state index contributed by atoms with van der Waals surface area (Å²) < 4.78 is 0. The predicted molar refractivity (Wildman–Crippen MR) is 69.4 cm³/mol. The Kier molecular flexibility index (Phi) is 1.97. The molecule has 0 nitrogen and oxygen atoms in total. The second-order valence-corrected chi connectivity index (χ2v) is 4.45. The third-order valence-electron chi connectivity index (χ3n) is 3.31. The van der Waals surface area contributed by atoms with E-state index in [1.54, 1.807) is 0 Å². The van der Waals surface area contributed by atoms with Gasteiger partial charge in [-0.05, 0) is 41.2 Å². The molecule has 16 heavy (non-hydrogen) atoms. The maximum absolute atomic E-state index is 4.07. The van der Waals surface area contributed by atoms with Gasteiger partial charge >= 0.3 is 0 Å². The first kappa shape index (κ1) is 9.41.